The standard InChI is InChI=1S/C83H142O17P2/c1-5-9-13-17-21-25-29-33-36-38-41-45-49-53-57-61-65-69-82(87)99-78(73-93-80(85)67-63-59-55-51-47-43-32-28-24-20-16-12-8-4)75-97-101(89,90)95-71-77(84)72-96-102(91,92)98-76-79(74-94-81(86)68-64-60-56-52-48-44-40-35-31-27-23-19-15-11-7-3)100-83(88)70-66-62-58-54-50-46-42-39-37-34-30-26-22-18-14-10-6-2/h21-22,25-26,28,32-37,40-42,45-46,53-54,57-58,77-79,84H,5-20,23-24,27,29-31,38-39,43-44,47-52,55-56,59-76H2,1-4H3,(H,89,90)(H,91,92)/b25-21-,26-22-,32-28-,36-33-,37-34-,40-35-,45-41-,46-42-,57-53-,58-54-/t77-,78+,79+/m0/s1. The third-order valence-corrected chi connectivity index (χ3v) is 18.3. The number of hydrogen-bond acceptors (Lipinski definition) is 15. The molecule has 0 radical (unpaired) electrons. The molecule has 3 N–H and O–H groups in total. The van der Waals surface area contributed by atoms with Crippen molar-refractivity contribution in [2.45, 2.75) is 341 Å². The van der Waals surface area contributed by atoms with Crippen LogP contribution in [0.4, 0.5) is 0 Å². The van der Waals surface area contributed by atoms with Gasteiger partial charge in [0.05, 0.1) is 26.4 Å². The zero-order valence-electron chi connectivity index (χ0n) is 64.0. The number of phosphoric acid groups is 2. The van der Waals surface area contributed by atoms with Gasteiger partial charge in [-0.05, 0) is 154 Å². The molecule has 0 bridgehead atoms. The number of hydrogen-bond donors (Lipinski definition) is 3. The summed E-state index contributed by atoms with van der Waals surface area (Å²) in [5.74, 6) is -2.32. The fourth-order valence-corrected chi connectivity index (χ4v) is 11.8. The average Bonchev–Trinajstić information content (AvgIpc) is 1.01. The topological polar surface area (TPSA) is 237 Å². The molecule has 19 heteroatoms. The number of aliphatic hydroxyl groups excluding tert-OH is 1. The van der Waals surface area contributed by atoms with E-state index in [0.717, 1.165) is 128 Å². The Morgan fingerprint density at radius 3 is 0.804 bits per heavy atom. The number of aliphatic hydroxyl groups is 1. The van der Waals surface area contributed by atoms with E-state index in [-0.39, 0.29) is 25.7 Å². The number of unbranched alkanes of at least 4 members (excludes halogenated alkanes) is 28. The first-order chi connectivity index (χ1) is 49.7. The van der Waals surface area contributed by atoms with Gasteiger partial charge in [-0.25, -0.2) is 9.13 Å². The van der Waals surface area contributed by atoms with Gasteiger partial charge in [-0.2, -0.15) is 0 Å². The number of rotatable bonds is 74. The maximum Gasteiger partial charge on any atom is 0.472 e. The number of phosphoric ester groups is 2. The third kappa shape index (κ3) is 73.8. The first-order valence-electron chi connectivity index (χ1n) is 39.8. The third-order valence-electron chi connectivity index (χ3n) is 16.4. The van der Waals surface area contributed by atoms with Crippen molar-refractivity contribution in [1.82, 2.24) is 0 Å². The minimum atomic E-state index is -5.00. The molecule has 0 aromatic heterocycles. The fourth-order valence-electron chi connectivity index (χ4n) is 10.3. The summed E-state index contributed by atoms with van der Waals surface area (Å²) in [6.07, 6.45) is 81.9. The zero-order valence-corrected chi connectivity index (χ0v) is 65.8. The van der Waals surface area contributed by atoms with Crippen LogP contribution in [0.2, 0.25) is 0 Å². The van der Waals surface area contributed by atoms with E-state index in [0.29, 0.717) is 38.5 Å². The Kier molecular flexibility index (Phi) is 71.4. The molecule has 0 amide bonds. The molecule has 0 saturated carbocycles. The number of esters is 4. The van der Waals surface area contributed by atoms with Gasteiger partial charge in [-0.3, -0.25) is 37.3 Å². The average molecular weight is 1470 g/mol. The molecule has 17 nitrogen and oxygen atoms in total. The van der Waals surface area contributed by atoms with Gasteiger partial charge in [0.1, 0.15) is 19.3 Å². The lowest BCUT2D eigenvalue weighted by Gasteiger charge is -2.21. The van der Waals surface area contributed by atoms with Crippen LogP contribution >= 0.6 is 15.6 Å². The highest BCUT2D eigenvalue weighted by atomic mass is 31.2. The van der Waals surface area contributed by atoms with Crippen LogP contribution in [-0.2, 0) is 65.4 Å². The zero-order chi connectivity index (χ0) is 74.6. The minimum absolute atomic E-state index is 0.0144. The van der Waals surface area contributed by atoms with Gasteiger partial charge in [0.2, 0.25) is 0 Å². The van der Waals surface area contributed by atoms with Crippen molar-refractivity contribution in [1.29, 1.82) is 0 Å². The molecule has 0 fully saturated rings. The Hall–Kier alpha value is -4.54. The van der Waals surface area contributed by atoms with Crippen molar-refractivity contribution in [2.75, 3.05) is 39.6 Å². The smallest absolute Gasteiger partial charge is 0.462 e. The number of allylic oxidation sites excluding steroid dienone is 20. The van der Waals surface area contributed by atoms with Gasteiger partial charge in [-0.15, -0.1) is 0 Å². The van der Waals surface area contributed by atoms with Gasteiger partial charge in [-0.1, -0.05) is 265 Å². The Labute approximate surface area is 619 Å². The predicted molar refractivity (Wildman–Crippen MR) is 418 cm³/mol. The Morgan fingerprint density at radius 1 is 0.275 bits per heavy atom. The first-order valence-corrected chi connectivity index (χ1v) is 42.8. The van der Waals surface area contributed by atoms with Crippen LogP contribution in [-0.4, -0.2) is 96.7 Å². The van der Waals surface area contributed by atoms with E-state index in [1.54, 1.807) is 0 Å². The molecule has 0 aromatic rings. The molecule has 0 aliphatic carbocycles. The molecule has 0 aliphatic heterocycles. The summed E-state index contributed by atoms with van der Waals surface area (Å²) >= 11 is 0. The Balaban J connectivity index is 5.47. The molecule has 0 aliphatic rings. The van der Waals surface area contributed by atoms with Crippen molar-refractivity contribution in [3.63, 3.8) is 0 Å². The molecular formula is C83H142O17P2. The molecule has 0 rings (SSSR count). The summed E-state index contributed by atoms with van der Waals surface area (Å²) in [7, 11) is -10.00. The normalized spacial score (nSPS) is 14.5. The monoisotopic (exact) mass is 1470 g/mol. The maximum absolute atomic E-state index is 13.1. The molecular weight excluding hydrogens is 1330 g/mol. The SMILES string of the molecule is CCCCC/C=C\C/C=C\C/C=C\C/C=C\CCCC(=O)O[C@H](COC(=O)CCCCCCC/C=C\CCCCCC)COP(=O)(O)OC[C@H](O)COP(=O)(O)OC[C@@H](COC(=O)CCCCCCC/C=C\CCCCCCCC)OC(=O)CCC/C=C\C/C=C\C/C=C\C/C=C\CCCCC. The number of ether oxygens (including phenoxy) is 4. The quantitative estimate of drug-likeness (QED) is 0.0169. The lowest BCUT2D eigenvalue weighted by molar-refractivity contribution is -0.161. The van der Waals surface area contributed by atoms with E-state index in [1.807, 2.05) is 24.3 Å². The second kappa shape index (κ2) is 74.7. The molecule has 102 heavy (non-hydrogen) atoms. The van der Waals surface area contributed by atoms with E-state index in [4.69, 9.17) is 37.0 Å². The predicted octanol–water partition coefficient (Wildman–Crippen LogP) is 23.1. The van der Waals surface area contributed by atoms with E-state index >= 15 is 0 Å². The van der Waals surface area contributed by atoms with Gasteiger partial charge < -0.3 is 33.8 Å². The highest BCUT2D eigenvalue weighted by molar-refractivity contribution is 7.47. The second-order valence-corrected chi connectivity index (χ2v) is 29.2. The number of carbonyl (C=O) groups excluding carboxylic acids is 4. The maximum atomic E-state index is 13.1. The van der Waals surface area contributed by atoms with Crippen LogP contribution in [0.3, 0.4) is 0 Å². The molecule has 586 valence electrons. The number of carbonyl (C=O) groups is 4. The summed E-state index contributed by atoms with van der Waals surface area (Å²) < 4.78 is 68.4. The van der Waals surface area contributed by atoms with Crippen molar-refractivity contribution < 1.29 is 80.2 Å². The van der Waals surface area contributed by atoms with Gasteiger partial charge in [0, 0.05) is 25.7 Å². The molecule has 0 heterocycles. The molecule has 0 aromatic carbocycles. The summed E-state index contributed by atoms with van der Waals surface area (Å²) in [5.41, 5.74) is 0. The van der Waals surface area contributed by atoms with Crippen molar-refractivity contribution in [3.8, 4) is 0 Å². The van der Waals surface area contributed by atoms with Crippen LogP contribution in [0.5, 0.6) is 0 Å². The highest BCUT2D eigenvalue weighted by Gasteiger charge is 2.30. The van der Waals surface area contributed by atoms with Crippen LogP contribution in [0.15, 0.2) is 122 Å². The molecule has 0 saturated heterocycles. The van der Waals surface area contributed by atoms with Crippen molar-refractivity contribution in [3.05, 3.63) is 122 Å². The second-order valence-electron chi connectivity index (χ2n) is 26.3. The first kappa shape index (κ1) is 97.5. The summed E-state index contributed by atoms with van der Waals surface area (Å²) in [6, 6.07) is 0. The summed E-state index contributed by atoms with van der Waals surface area (Å²) in [6.45, 7) is 4.67. The van der Waals surface area contributed by atoms with E-state index < -0.39 is 97.5 Å². The molecule has 0 spiro atoms. The van der Waals surface area contributed by atoms with Crippen molar-refractivity contribution >= 4 is 39.5 Å². The van der Waals surface area contributed by atoms with Gasteiger partial charge in [0.15, 0.2) is 12.2 Å². The summed E-state index contributed by atoms with van der Waals surface area (Å²) in [4.78, 5) is 72.9. The lowest BCUT2D eigenvalue weighted by atomic mass is 10.1. The summed E-state index contributed by atoms with van der Waals surface area (Å²) in [5, 5.41) is 10.6. The van der Waals surface area contributed by atoms with Crippen LogP contribution in [0.1, 0.15) is 323 Å². The van der Waals surface area contributed by atoms with Crippen molar-refractivity contribution in [2.24, 2.45) is 0 Å². The molecule has 2 unspecified atom stereocenters. The largest absolute Gasteiger partial charge is 0.472 e. The van der Waals surface area contributed by atoms with E-state index in [1.165, 1.54) is 103 Å². The van der Waals surface area contributed by atoms with Crippen LogP contribution in [0, 0.1) is 0 Å². The van der Waals surface area contributed by atoms with Crippen LogP contribution < -0.4 is 0 Å². The Morgan fingerprint density at radius 2 is 0.490 bits per heavy atom. The fraction of sp³-hybridized carbons (Fsp3) is 0.711. The molecule has 5 atom stereocenters. The highest BCUT2D eigenvalue weighted by Crippen LogP contribution is 2.45. The van der Waals surface area contributed by atoms with Gasteiger partial charge in [0.25, 0.3) is 0 Å². The lowest BCUT2D eigenvalue weighted by Crippen LogP contribution is -2.30. The Bertz CT molecular complexity index is 2410. The minimum Gasteiger partial charge on any atom is -0.462 e. The van der Waals surface area contributed by atoms with E-state index in [9.17, 15) is 43.2 Å². The van der Waals surface area contributed by atoms with E-state index in [2.05, 4.69) is 125 Å². The van der Waals surface area contributed by atoms with Gasteiger partial charge >= 0.3 is 39.5 Å². The van der Waals surface area contributed by atoms with Crippen LogP contribution in [0.25, 0.3) is 0 Å².